The predicted octanol–water partition coefficient (Wildman–Crippen LogP) is 2.75. The SMILES string of the molecule is O=C(/C=C/C1CCCCC1)N1CCCN(C(=O)C(F)(F)F)CC1. The first-order valence-electron chi connectivity index (χ1n) is 8.21. The highest BCUT2D eigenvalue weighted by Gasteiger charge is 2.42. The van der Waals surface area contributed by atoms with Crippen LogP contribution in [-0.4, -0.2) is 54.0 Å². The molecule has 0 spiro atoms. The maximum Gasteiger partial charge on any atom is 0.471 e. The third-order valence-corrected chi connectivity index (χ3v) is 4.50. The third kappa shape index (κ3) is 5.25. The second kappa shape index (κ2) is 7.84. The fraction of sp³-hybridized carbons (Fsp3) is 0.750. The van der Waals surface area contributed by atoms with Crippen molar-refractivity contribution in [2.24, 2.45) is 5.92 Å². The lowest BCUT2D eigenvalue weighted by atomic mass is 9.89. The summed E-state index contributed by atoms with van der Waals surface area (Å²) in [7, 11) is 0. The number of hydrogen-bond acceptors (Lipinski definition) is 2. The van der Waals surface area contributed by atoms with Crippen molar-refractivity contribution in [1.29, 1.82) is 0 Å². The van der Waals surface area contributed by atoms with E-state index in [1.807, 2.05) is 6.08 Å². The van der Waals surface area contributed by atoms with Crippen molar-refractivity contribution < 1.29 is 22.8 Å². The summed E-state index contributed by atoms with van der Waals surface area (Å²) in [5.74, 6) is -1.55. The summed E-state index contributed by atoms with van der Waals surface area (Å²) < 4.78 is 37.4. The van der Waals surface area contributed by atoms with Crippen molar-refractivity contribution in [3.8, 4) is 0 Å². The Morgan fingerprint density at radius 3 is 2.13 bits per heavy atom. The van der Waals surface area contributed by atoms with Gasteiger partial charge in [0.25, 0.3) is 0 Å². The highest BCUT2D eigenvalue weighted by atomic mass is 19.4. The molecule has 0 bridgehead atoms. The molecule has 2 amide bonds. The van der Waals surface area contributed by atoms with Crippen molar-refractivity contribution in [2.45, 2.75) is 44.7 Å². The molecule has 0 atom stereocenters. The van der Waals surface area contributed by atoms with Gasteiger partial charge in [-0.05, 0) is 31.3 Å². The fourth-order valence-electron chi connectivity index (χ4n) is 3.17. The lowest BCUT2D eigenvalue weighted by molar-refractivity contribution is -0.185. The largest absolute Gasteiger partial charge is 0.471 e. The molecule has 0 aromatic rings. The first-order valence-corrected chi connectivity index (χ1v) is 8.21. The van der Waals surface area contributed by atoms with E-state index in [2.05, 4.69) is 0 Å². The first-order chi connectivity index (χ1) is 10.9. The van der Waals surface area contributed by atoms with Gasteiger partial charge in [0.05, 0.1) is 0 Å². The minimum atomic E-state index is -4.85. The molecule has 1 aliphatic carbocycles. The number of amides is 2. The number of nitrogens with zero attached hydrogens (tertiary/aromatic N) is 2. The van der Waals surface area contributed by atoms with E-state index in [0.717, 1.165) is 17.7 Å². The topological polar surface area (TPSA) is 40.6 Å². The number of alkyl halides is 3. The van der Waals surface area contributed by atoms with Gasteiger partial charge in [-0.2, -0.15) is 13.2 Å². The zero-order chi connectivity index (χ0) is 16.9. The van der Waals surface area contributed by atoms with Crippen LogP contribution in [0.4, 0.5) is 13.2 Å². The van der Waals surface area contributed by atoms with E-state index >= 15 is 0 Å². The van der Waals surface area contributed by atoms with Crippen LogP contribution < -0.4 is 0 Å². The zero-order valence-electron chi connectivity index (χ0n) is 13.1. The molecule has 23 heavy (non-hydrogen) atoms. The van der Waals surface area contributed by atoms with E-state index < -0.39 is 12.1 Å². The molecule has 2 fully saturated rings. The van der Waals surface area contributed by atoms with Gasteiger partial charge in [-0.1, -0.05) is 25.3 Å². The molecule has 0 aromatic carbocycles. The van der Waals surface area contributed by atoms with Crippen molar-refractivity contribution in [3.05, 3.63) is 12.2 Å². The lowest BCUT2D eigenvalue weighted by Crippen LogP contribution is -2.43. The van der Waals surface area contributed by atoms with Gasteiger partial charge >= 0.3 is 12.1 Å². The average Bonchev–Trinajstić information content (AvgIpc) is 2.78. The molecule has 130 valence electrons. The van der Waals surface area contributed by atoms with E-state index in [-0.39, 0.29) is 25.5 Å². The van der Waals surface area contributed by atoms with Crippen LogP contribution >= 0.6 is 0 Å². The lowest BCUT2D eigenvalue weighted by Gasteiger charge is -2.22. The Morgan fingerprint density at radius 2 is 1.48 bits per heavy atom. The summed E-state index contributed by atoms with van der Waals surface area (Å²) in [5, 5.41) is 0. The molecular weight excluding hydrogens is 309 g/mol. The van der Waals surface area contributed by atoms with Crippen LogP contribution in [0, 0.1) is 5.92 Å². The molecule has 1 heterocycles. The second-order valence-corrected chi connectivity index (χ2v) is 6.23. The maximum absolute atomic E-state index is 12.5. The normalized spacial score (nSPS) is 21.5. The molecule has 1 saturated heterocycles. The van der Waals surface area contributed by atoms with E-state index in [1.54, 1.807) is 6.08 Å². The highest BCUT2D eigenvalue weighted by Crippen LogP contribution is 2.24. The summed E-state index contributed by atoms with van der Waals surface area (Å²) in [6.07, 6.45) is 4.80. The van der Waals surface area contributed by atoms with Gasteiger partial charge in [0, 0.05) is 26.2 Å². The van der Waals surface area contributed by atoms with E-state index in [9.17, 15) is 22.8 Å². The van der Waals surface area contributed by atoms with E-state index in [4.69, 9.17) is 0 Å². The smallest absolute Gasteiger partial charge is 0.337 e. The van der Waals surface area contributed by atoms with Crippen LogP contribution in [0.2, 0.25) is 0 Å². The summed E-state index contributed by atoms with van der Waals surface area (Å²) in [4.78, 5) is 25.8. The minimum Gasteiger partial charge on any atom is -0.337 e. The molecular formula is C16H23F3N2O2. The zero-order valence-corrected chi connectivity index (χ0v) is 13.1. The Kier molecular flexibility index (Phi) is 6.07. The Hall–Kier alpha value is -1.53. The maximum atomic E-state index is 12.5. The fourth-order valence-corrected chi connectivity index (χ4v) is 3.17. The second-order valence-electron chi connectivity index (χ2n) is 6.23. The number of carbonyl (C=O) groups is 2. The van der Waals surface area contributed by atoms with Crippen LogP contribution in [0.5, 0.6) is 0 Å². The molecule has 7 heteroatoms. The van der Waals surface area contributed by atoms with Crippen molar-refractivity contribution in [3.63, 3.8) is 0 Å². The molecule has 0 radical (unpaired) electrons. The summed E-state index contributed by atoms with van der Waals surface area (Å²) in [5.41, 5.74) is 0. The van der Waals surface area contributed by atoms with Gasteiger partial charge in [0.15, 0.2) is 0 Å². The van der Waals surface area contributed by atoms with Crippen molar-refractivity contribution >= 4 is 11.8 Å². The molecule has 4 nitrogen and oxygen atoms in total. The van der Waals surface area contributed by atoms with Crippen LogP contribution in [-0.2, 0) is 9.59 Å². The number of allylic oxidation sites excluding steroid dienone is 1. The highest BCUT2D eigenvalue weighted by molar-refractivity contribution is 5.87. The number of hydrogen-bond donors (Lipinski definition) is 0. The minimum absolute atomic E-state index is 0.0362. The number of carbonyl (C=O) groups excluding carboxylic acids is 2. The van der Waals surface area contributed by atoms with Crippen LogP contribution in [0.25, 0.3) is 0 Å². The van der Waals surface area contributed by atoms with Gasteiger partial charge in [0.1, 0.15) is 0 Å². The molecule has 0 unspecified atom stereocenters. The Bertz CT molecular complexity index is 457. The summed E-state index contributed by atoms with van der Waals surface area (Å²) in [6.45, 7) is 0.501. The quantitative estimate of drug-likeness (QED) is 0.730. The van der Waals surface area contributed by atoms with E-state index in [0.29, 0.717) is 18.9 Å². The van der Waals surface area contributed by atoms with E-state index in [1.165, 1.54) is 24.2 Å². The molecule has 1 saturated carbocycles. The third-order valence-electron chi connectivity index (χ3n) is 4.50. The Balaban J connectivity index is 1.86. The summed E-state index contributed by atoms with van der Waals surface area (Å²) in [6, 6.07) is 0. The van der Waals surface area contributed by atoms with Crippen molar-refractivity contribution in [1.82, 2.24) is 9.80 Å². The van der Waals surface area contributed by atoms with Gasteiger partial charge < -0.3 is 9.80 Å². The van der Waals surface area contributed by atoms with Gasteiger partial charge in [-0.3, -0.25) is 9.59 Å². The first kappa shape index (κ1) is 17.8. The Morgan fingerprint density at radius 1 is 0.870 bits per heavy atom. The summed E-state index contributed by atoms with van der Waals surface area (Å²) >= 11 is 0. The number of rotatable bonds is 2. The van der Waals surface area contributed by atoms with Crippen molar-refractivity contribution in [2.75, 3.05) is 26.2 Å². The Labute approximate surface area is 134 Å². The predicted molar refractivity (Wildman–Crippen MR) is 79.5 cm³/mol. The van der Waals surface area contributed by atoms with Gasteiger partial charge in [-0.15, -0.1) is 0 Å². The molecule has 1 aliphatic heterocycles. The van der Waals surface area contributed by atoms with Crippen LogP contribution in [0.15, 0.2) is 12.2 Å². The average molecular weight is 332 g/mol. The molecule has 0 N–H and O–H groups in total. The van der Waals surface area contributed by atoms with Crippen LogP contribution in [0.1, 0.15) is 38.5 Å². The van der Waals surface area contributed by atoms with Gasteiger partial charge in [0.2, 0.25) is 5.91 Å². The van der Waals surface area contributed by atoms with Crippen LogP contribution in [0.3, 0.4) is 0 Å². The molecule has 2 aliphatic rings. The monoisotopic (exact) mass is 332 g/mol. The standard InChI is InChI=1S/C16H23F3N2O2/c17-16(18,19)15(23)21-10-4-9-20(11-12-21)14(22)8-7-13-5-2-1-3-6-13/h7-8,13H,1-6,9-12H2/b8-7+. The molecule has 2 rings (SSSR count). The van der Waals surface area contributed by atoms with Gasteiger partial charge in [-0.25, -0.2) is 0 Å². The number of halogens is 3. The molecule has 0 aromatic heterocycles.